The highest BCUT2D eigenvalue weighted by atomic mass is 35.5. The molecule has 2 aliphatic heterocycles. The summed E-state index contributed by atoms with van der Waals surface area (Å²) in [5.41, 5.74) is 0.547. The lowest BCUT2D eigenvalue weighted by Crippen LogP contribution is -2.54. The van der Waals surface area contributed by atoms with Crippen LogP contribution >= 0.6 is 23.2 Å². The second kappa shape index (κ2) is 7.74. The smallest absolute Gasteiger partial charge is 0.335 e. The zero-order valence-corrected chi connectivity index (χ0v) is 17.6. The molecule has 3 heterocycles. The van der Waals surface area contributed by atoms with Crippen molar-refractivity contribution in [1.29, 1.82) is 0 Å². The Kier molecular flexibility index (Phi) is 4.88. The summed E-state index contributed by atoms with van der Waals surface area (Å²) in [7, 11) is 0. The van der Waals surface area contributed by atoms with E-state index in [1.165, 1.54) is 18.2 Å². The fraction of sp³-hybridized carbons (Fsp3) is 0.0455. The molecule has 1 saturated heterocycles. The van der Waals surface area contributed by atoms with Crippen molar-refractivity contribution in [2.24, 2.45) is 0 Å². The van der Waals surface area contributed by atoms with Crippen LogP contribution < -0.4 is 19.7 Å². The SMILES string of the molecule is O=C1NC(=O)N(c2ccc3c(c2)OCO3)C(=O)C1=Cc1ccc(-c2ccc(Cl)cc2Cl)o1. The van der Waals surface area contributed by atoms with Crippen molar-refractivity contribution < 1.29 is 28.3 Å². The summed E-state index contributed by atoms with van der Waals surface area (Å²) >= 11 is 12.1. The Labute approximate surface area is 190 Å². The van der Waals surface area contributed by atoms with Crippen molar-refractivity contribution in [3.63, 3.8) is 0 Å². The predicted molar refractivity (Wildman–Crippen MR) is 116 cm³/mol. The van der Waals surface area contributed by atoms with E-state index in [-0.39, 0.29) is 23.8 Å². The van der Waals surface area contributed by atoms with E-state index in [4.69, 9.17) is 37.1 Å². The number of furan rings is 1. The van der Waals surface area contributed by atoms with Crippen LogP contribution in [0.25, 0.3) is 17.4 Å². The molecule has 1 fully saturated rings. The molecular weight excluding hydrogens is 459 g/mol. The van der Waals surface area contributed by atoms with Crippen LogP contribution in [-0.4, -0.2) is 24.6 Å². The number of barbiturate groups is 1. The van der Waals surface area contributed by atoms with Gasteiger partial charge in [0, 0.05) is 16.7 Å². The Morgan fingerprint density at radius 3 is 2.56 bits per heavy atom. The first-order chi connectivity index (χ1) is 15.4. The summed E-state index contributed by atoms with van der Waals surface area (Å²) in [5.74, 6) is -0.106. The van der Waals surface area contributed by atoms with E-state index in [0.29, 0.717) is 32.9 Å². The van der Waals surface area contributed by atoms with Gasteiger partial charge in [-0.15, -0.1) is 0 Å². The van der Waals surface area contributed by atoms with Crippen molar-refractivity contribution >= 4 is 52.8 Å². The average Bonchev–Trinajstić information content (AvgIpc) is 3.40. The molecule has 0 radical (unpaired) electrons. The Bertz CT molecular complexity index is 1330. The van der Waals surface area contributed by atoms with Gasteiger partial charge in [-0.05, 0) is 48.5 Å². The number of nitrogens with zero attached hydrogens (tertiary/aromatic N) is 1. The zero-order chi connectivity index (χ0) is 22.4. The number of nitrogens with one attached hydrogen (secondary N) is 1. The first-order valence-corrected chi connectivity index (χ1v) is 10.0. The zero-order valence-electron chi connectivity index (χ0n) is 16.1. The quantitative estimate of drug-likeness (QED) is 0.441. The van der Waals surface area contributed by atoms with Gasteiger partial charge >= 0.3 is 6.03 Å². The molecule has 3 aromatic rings. The maximum absolute atomic E-state index is 13.0. The number of rotatable bonds is 3. The maximum atomic E-state index is 13.0. The van der Waals surface area contributed by atoms with E-state index >= 15 is 0 Å². The topological polar surface area (TPSA) is 98.1 Å². The average molecular weight is 471 g/mol. The molecule has 0 bridgehead atoms. The van der Waals surface area contributed by atoms with Gasteiger partial charge in [0.2, 0.25) is 6.79 Å². The normalized spacial score (nSPS) is 16.6. The molecule has 0 unspecified atom stereocenters. The van der Waals surface area contributed by atoms with Gasteiger partial charge in [0.15, 0.2) is 11.5 Å². The van der Waals surface area contributed by atoms with Crippen LogP contribution in [0, 0.1) is 0 Å². The van der Waals surface area contributed by atoms with Crippen LogP contribution in [0.5, 0.6) is 11.5 Å². The van der Waals surface area contributed by atoms with E-state index in [9.17, 15) is 14.4 Å². The number of anilines is 1. The van der Waals surface area contributed by atoms with Gasteiger partial charge in [0.1, 0.15) is 17.1 Å². The van der Waals surface area contributed by atoms with E-state index in [0.717, 1.165) is 4.90 Å². The van der Waals surface area contributed by atoms with Crippen molar-refractivity contribution in [3.8, 4) is 22.8 Å². The van der Waals surface area contributed by atoms with Crippen LogP contribution in [0.1, 0.15) is 5.76 Å². The lowest BCUT2D eigenvalue weighted by molar-refractivity contribution is -0.122. The highest BCUT2D eigenvalue weighted by Gasteiger charge is 2.37. The minimum atomic E-state index is -0.871. The van der Waals surface area contributed by atoms with Gasteiger partial charge in [-0.2, -0.15) is 0 Å². The minimum absolute atomic E-state index is 0.0427. The second-order valence-electron chi connectivity index (χ2n) is 6.82. The molecule has 1 N–H and O–H groups in total. The third-order valence-electron chi connectivity index (χ3n) is 4.83. The summed E-state index contributed by atoms with van der Waals surface area (Å²) < 4.78 is 16.3. The molecule has 0 atom stereocenters. The largest absolute Gasteiger partial charge is 0.457 e. The molecule has 4 amide bonds. The summed E-state index contributed by atoms with van der Waals surface area (Å²) in [6, 6.07) is 11.9. The summed E-state index contributed by atoms with van der Waals surface area (Å²) in [6.07, 6.45) is 1.26. The standard InChI is InChI=1S/C22H12Cl2N2O6/c23-11-1-4-14(16(24)7-11)17-6-3-13(32-17)9-15-20(27)25-22(29)26(21(15)28)12-2-5-18-19(8-12)31-10-30-18/h1-9H,10H2,(H,25,27,29). The number of urea groups is 1. The summed E-state index contributed by atoms with van der Waals surface area (Å²) in [4.78, 5) is 38.7. The predicted octanol–water partition coefficient (Wildman–Crippen LogP) is 4.65. The number of hydrogen-bond donors (Lipinski definition) is 1. The van der Waals surface area contributed by atoms with Gasteiger partial charge in [0.25, 0.3) is 11.8 Å². The van der Waals surface area contributed by atoms with E-state index < -0.39 is 17.8 Å². The Hall–Kier alpha value is -3.75. The molecule has 8 nitrogen and oxygen atoms in total. The lowest BCUT2D eigenvalue weighted by Gasteiger charge is -2.26. The molecule has 0 saturated carbocycles. The number of hydrogen-bond acceptors (Lipinski definition) is 6. The Morgan fingerprint density at radius 1 is 0.938 bits per heavy atom. The van der Waals surface area contributed by atoms with Crippen molar-refractivity contribution in [1.82, 2.24) is 5.32 Å². The van der Waals surface area contributed by atoms with Crippen LogP contribution in [0.3, 0.4) is 0 Å². The maximum Gasteiger partial charge on any atom is 0.335 e. The van der Waals surface area contributed by atoms with E-state index in [1.54, 1.807) is 36.4 Å². The number of fused-ring (bicyclic) bond motifs is 1. The molecule has 160 valence electrons. The monoisotopic (exact) mass is 470 g/mol. The van der Waals surface area contributed by atoms with Crippen LogP contribution in [0.15, 0.2) is 58.5 Å². The van der Waals surface area contributed by atoms with Crippen LogP contribution in [0.2, 0.25) is 10.0 Å². The molecule has 1 aromatic heterocycles. The molecule has 5 rings (SSSR count). The Balaban J connectivity index is 1.48. The van der Waals surface area contributed by atoms with Gasteiger partial charge in [-0.1, -0.05) is 23.2 Å². The van der Waals surface area contributed by atoms with Gasteiger partial charge in [-0.3, -0.25) is 14.9 Å². The minimum Gasteiger partial charge on any atom is -0.457 e. The highest BCUT2D eigenvalue weighted by molar-refractivity contribution is 6.39. The molecule has 2 aliphatic rings. The molecule has 2 aromatic carbocycles. The van der Waals surface area contributed by atoms with Crippen molar-refractivity contribution in [3.05, 3.63) is 69.9 Å². The molecule has 0 spiro atoms. The first-order valence-electron chi connectivity index (χ1n) is 9.27. The number of amides is 4. The third-order valence-corrected chi connectivity index (χ3v) is 5.37. The van der Waals surface area contributed by atoms with Gasteiger partial charge < -0.3 is 13.9 Å². The molecule has 10 heteroatoms. The molecule has 32 heavy (non-hydrogen) atoms. The number of carbonyl (C=O) groups excluding carboxylic acids is 3. The lowest BCUT2D eigenvalue weighted by atomic mass is 10.1. The third kappa shape index (κ3) is 3.49. The van der Waals surface area contributed by atoms with E-state index in [1.807, 2.05) is 0 Å². The number of benzene rings is 2. The number of carbonyl (C=O) groups is 3. The van der Waals surface area contributed by atoms with Crippen molar-refractivity contribution in [2.45, 2.75) is 0 Å². The number of imide groups is 2. The summed E-state index contributed by atoms with van der Waals surface area (Å²) in [5, 5.41) is 3.02. The van der Waals surface area contributed by atoms with Gasteiger partial charge in [-0.25, -0.2) is 9.69 Å². The first kappa shape index (κ1) is 20.2. The molecule has 0 aliphatic carbocycles. The van der Waals surface area contributed by atoms with Crippen LogP contribution in [0.4, 0.5) is 10.5 Å². The highest BCUT2D eigenvalue weighted by Crippen LogP contribution is 2.37. The van der Waals surface area contributed by atoms with Crippen LogP contribution in [-0.2, 0) is 9.59 Å². The second-order valence-corrected chi connectivity index (χ2v) is 7.67. The van der Waals surface area contributed by atoms with E-state index in [2.05, 4.69) is 5.32 Å². The fourth-order valence-corrected chi connectivity index (χ4v) is 3.82. The number of ether oxygens (including phenoxy) is 2. The van der Waals surface area contributed by atoms with Crippen molar-refractivity contribution in [2.75, 3.05) is 11.7 Å². The summed E-state index contributed by atoms with van der Waals surface area (Å²) in [6.45, 7) is 0.0427. The fourth-order valence-electron chi connectivity index (χ4n) is 3.32. The van der Waals surface area contributed by atoms with Gasteiger partial charge in [0.05, 0.1) is 10.7 Å². The Morgan fingerprint density at radius 2 is 1.75 bits per heavy atom. The molecular formula is C22H12Cl2N2O6. The number of halogens is 2.